The highest BCUT2D eigenvalue weighted by Gasteiger charge is 2.26. The highest BCUT2D eigenvalue weighted by Crippen LogP contribution is 2.24. The molecule has 1 rings (SSSR count). The van der Waals surface area contributed by atoms with Gasteiger partial charge < -0.3 is 16.2 Å². The van der Waals surface area contributed by atoms with Gasteiger partial charge in [0.25, 0.3) is 5.91 Å². The number of rotatable bonds is 7. The SMILES string of the molecule is CCC(CC)(CO)CNC(=O)c1csc(C(C)N)n1. The van der Waals surface area contributed by atoms with Gasteiger partial charge in [0.1, 0.15) is 10.7 Å². The first-order valence-electron chi connectivity index (χ1n) is 6.58. The van der Waals surface area contributed by atoms with Crippen molar-refractivity contribution in [2.24, 2.45) is 11.1 Å². The molecule has 1 atom stereocenters. The Balaban J connectivity index is 2.64. The number of carbonyl (C=O) groups excluding carboxylic acids is 1. The standard InChI is InChI=1S/C13H23N3O2S/c1-4-13(5-2,8-17)7-15-11(18)10-6-19-12(16-10)9(3)14/h6,9,17H,4-5,7-8,14H2,1-3H3,(H,15,18). The van der Waals surface area contributed by atoms with E-state index in [9.17, 15) is 9.90 Å². The van der Waals surface area contributed by atoms with Crippen molar-refractivity contribution in [3.8, 4) is 0 Å². The second-order valence-electron chi connectivity index (χ2n) is 4.91. The third kappa shape index (κ3) is 3.99. The molecule has 1 heterocycles. The number of aliphatic hydroxyl groups is 1. The van der Waals surface area contributed by atoms with Crippen LogP contribution in [0, 0.1) is 5.41 Å². The van der Waals surface area contributed by atoms with Crippen molar-refractivity contribution < 1.29 is 9.90 Å². The number of nitrogens with zero attached hydrogens (tertiary/aromatic N) is 1. The van der Waals surface area contributed by atoms with Gasteiger partial charge in [0.2, 0.25) is 0 Å². The summed E-state index contributed by atoms with van der Waals surface area (Å²) in [5.74, 6) is -0.206. The molecule has 1 aromatic rings. The molecule has 0 aliphatic rings. The molecule has 0 radical (unpaired) electrons. The van der Waals surface area contributed by atoms with Gasteiger partial charge in [0.15, 0.2) is 0 Å². The smallest absolute Gasteiger partial charge is 0.270 e. The van der Waals surface area contributed by atoms with Gasteiger partial charge >= 0.3 is 0 Å². The van der Waals surface area contributed by atoms with Crippen molar-refractivity contribution in [2.75, 3.05) is 13.2 Å². The van der Waals surface area contributed by atoms with Crippen LogP contribution in [0.4, 0.5) is 0 Å². The van der Waals surface area contributed by atoms with E-state index in [4.69, 9.17) is 5.73 Å². The molecule has 6 heteroatoms. The molecule has 0 bridgehead atoms. The van der Waals surface area contributed by atoms with Gasteiger partial charge in [-0.3, -0.25) is 4.79 Å². The summed E-state index contributed by atoms with van der Waals surface area (Å²) in [4.78, 5) is 16.2. The zero-order valence-electron chi connectivity index (χ0n) is 11.8. The molecule has 1 amide bonds. The maximum absolute atomic E-state index is 12.0. The largest absolute Gasteiger partial charge is 0.396 e. The van der Waals surface area contributed by atoms with Gasteiger partial charge in [-0.1, -0.05) is 13.8 Å². The first-order valence-corrected chi connectivity index (χ1v) is 7.46. The van der Waals surface area contributed by atoms with Gasteiger partial charge in [0.05, 0.1) is 12.6 Å². The number of thiazole rings is 1. The maximum atomic E-state index is 12.0. The monoisotopic (exact) mass is 285 g/mol. The van der Waals surface area contributed by atoms with Crippen LogP contribution in [-0.2, 0) is 0 Å². The van der Waals surface area contributed by atoms with E-state index < -0.39 is 0 Å². The minimum atomic E-state index is -0.240. The summed E-state index contributed by atoms with van der Waals surface area (Å²) in [6, 6.07) is -0.158. The van der Waals surface area contributed by atoms with Gasteiger partial charge in [-0.15, -0.1) is 11.3 Å². The molecular formula is C13H23N3O2S. The maximum Gasteiger partial charge on any atom is 0.270 e. The lowest BCUT2D eigenvalue weighted by Gasteiger charge is -2.29. The van der Waals surface area contributed by atoms with Gasteiger partial charge in [-0.2, -0.15) is 0 Å². The van der Waals surface area contributed by atoms with Crippen LogP contribution in [-0.4, -0.2) is 29.1 Å². The van der Waals surface area contributed by atoms with Crippen LogP contribution < -0.4 is 11.1 Å². The van der Waals surface area contributed by atoms with E-state index >= 15 is 0 Å². The molecule has 0 spiro atoms. The van der Waals surface area contributed by atoms with Crippen LogP contribution in [0.15, 0.2) is 5.38 Å². The summed E-state index contributed by atoms with van der Waals surface area (Å²) >= 11 is 1.39. The number of aliphatic hydroxyl groups excluding tert-OH is 1. The zero-order valence-corrected chi connectivity index (χ0v) is 12.6. The average molecular weight is 285 g/mol. The number of aromatic nitrogens is 1. The Hall–Kier alpha value is -0.980. The minimum absolute atomic E-state index is 0.0719. The van der Waals surface area contributed by atoms with E-state index in [1.807, 2.05) is 20.8 Å². The molecular weight excluding hydrogens is 262 g/mol. The Morgan fingerprint density at radius 2 is 2.21 bits per heavy atom. The normalized spacial score (nSPS) is 13.3. The fraction of sp³-hybridized carbons (Fsp3) is 0.692. The molecule has 0 aliphatic heterocycles. The predicted molar refractivity (Wildman–Crippen MR) is 77.2 cm³/mol. The topological polar surface area (TPSA) is 88.2 Å². The van der Waals surface area contributed by atoms with Crippen molar-refractivity contribution >= 4 is 17.2 Å². The molecule has 4 N–H and O–H groups in total. The van der Waals surface area contributed by atoms with Crippen LogP contribution in [0.25, 0.3) is 0 Å². The van der Waals surface area contributed by atoms with Gasteiger partial charge in [-0.05, 0) is 19.8 Å². The van der Waals surface area contributed by atoms with E-state index in [1.165, 1.54) is 11.3 Å². The third-order valence-electron chi connectivity index (χ3n) is 3.60. The molecule has 1 unspecified atom stereocenters. The van der Waals surface area contributed by atoms with Crippen LogP contribution >= 0.6 is 11.3 Å². The average Bonchev–Trinajstić information content (AvgIpc) is 2.90. The molecule has 0 saturated carbocycles. The van der Waals surface area contributed by atoms with Crippen molar-refractivity contribution in [3.05, 3.63) is 16.1 Å². The lowest BCUT2D eigenvalue weighted by Crippen LogP contribution is -2.39. The third-order valence-corrected chi connectivity index (χ3v) is 4.65. The highest BCUT2D eigenvalue weighted by atomic mass is 32.1. The molecule has 0 aliphatic carbocycles. The van der Waals surface area contributed by atoms with E-state index in [0.717, 1.165) is 17.8 Å². The molecule has 108 valence electrons. The van der Waals surface area contributed by atoms with E-state index in [1.54, 1.807) is 5.38 Å². The summed E-state index contributed by atoms with van der Waals surface area (Å²) in [5, 5.41) is 14.8. The molecule has 5 nitrogen and oxygen atoms in total. The summed E-state index contributed by atoms with van der Waals surface area (Å²) in [6.45, 7) is 6.40. The fourth-order valence-corrected chi connectivity index (χ4v) is 2.50. The molecule has 0 aromatic carbocycles. The predicted octanol–water partition coefficient (Wildman–Crippen LogP) is 1.69. The number of nitrogens with one attached hydrogen (secondary N) is 1. The van der Waals surface area contributed by atoms with Crippen LogP contribution in [0.3, 0.4) is 0 Å². The van der Waals surface area contributed by atoms with E-state index in [-0.39, 0.29) is 24.0 Å². The summed E-state index contributed by atoms with van der Waals surface area (Å²) < 4.78 is 0. The Bertz CT molecular complexity index is 406. The highest BCUT2D eigenvalue weighted by molar-refractivity contribution is 7.09. The molecule has 1 aromatic heterocycles. The van der Waals surface area contributed by atoms with Gasteiger partial charge in [-0.25, -0.2) is 4.98 Å². The van der Waals surface area contributed by atoms with Crippen LogP contribution in [0.1, 0.15) is 55.2 Å². The van der Waals surface area contributed by atoms with Crippen molar-refractivity contribution in [3.63, 3.8) is 0 Å². The molecule has 0 fully saturated rings. The van der Waals surface area contributed by atoms with Crippen LogP contribution in [0.2, 0.25) is 0 Å². The minimum Gasteiger partial charge on any atom is -0.396 e. The summed E-state index contributed by atoms with van der Waals surface area (Å²) in [6.07, 6.45) is 1.64. The number of carbonyl (C=O) groups is 1. The lowest BCUT2D eigenvalue weighted by atomic mass is 9.83. The van der Waals surface area contributed by atoms with E-state index in [2.05, 4.69) is 10.3 Å². The first-order chi connectivity index (χ1) is 8.98. The number of hydrogen-bond acceptors (Lipinski definition) is 5. The van der Waals surface area contributed by atoms with Gasteiger partial charge in [0, 0.05) is 17.3 Å². The number of amides is 1. The quantitative estimate of drug-likeness (QED) is 0.711. The Kier molecular flexibility index (Phi) is 5.90. The Morgan fingerprint density at radius 3 is 2.63 bits per heavy atom. The number of nitrogens with two attached hydrogens (primary N) is 1. The summed E-state index contributed by atoms with van der Waals surface area (Å²) in [7, 11) is 0. The van der Waals surface area contributed by atoms with Crippen molar-refractivity contribution in [1.29, 1.82) is 0 Å². The fourth-order valence-electron chi connectivity index (χ4n) is 1.74. The molecule has 0 saturated heterocycles. The molecule has 19 heavy (non-hydrogen) atoms. The van der Waals surface area contributed by atoms with Crippen molar-refractivity contribution in [2.45, 2.75) is 39.7 Å². The first kappa shape index (κ1) is 16.1. The Morgan fingerprint density at radius 1 is 1.58 bits per heavy atom. The van der Waals surface area contributed by atoms with E-state index in [0.29, 0.717) is 12.2 Å². The Labute approximate surface area is 118 Å². The summed E-state index contributed by atoms with van der Waals surface area (Å²) in [5.41, 5.74) is 5.88. The second-order valence-corrected chi connectivity index (χ2v) is 5.80. The lowest BCUT2D eigenvalue weighted by molar-refractivity contribution is 0.0847. The zero-order chi connectivity index (χ0) is 14.5. The number of hydrogen-bond donors (Lipinski definition) is 3. The van der Waals surface area contributed by atoms with Crippen LogP contribution in [0.5, 0.6) is 0 Å². The van der Waals surface area contributed by atoms with Crippen molar-refractivity contribution in [1.82, 2.24) is 10.3 Å². The second kappa shape index (κ2) is 6.98.